The Bertz CT molecular complexity index is 749. The van der Waals surface area contributed by atoms with Crippen LogP contribution in [0, 0.1) is 15.0 Å². The van der Waals surface area contributed by atoms with Crippen molar-refractivity contribution >= 4 is 45.1 Å². The molecule has 0 heterocycles. The van der Waals surface area contributed by atoms with E-state index in [0.717, 1.165) is 9.79 Å². The molecule has 9 heteroatoms. The molecule has 0 aliphatic heterocycles. The minimum absolute atomic E-state index is 0.0853. The standard InChI is InChI=1S/C13H10BrNO2S2.C4H9NO2/c1-18-9-2-4-10(5-3-9)19-11-6-7-13(15(16)17)12(14)8-11;1-4(2,3)7-5-6/h2-8H,1H3;1-3H3. The van der Waals surface area contributed by atoms with Crippen molar-refractivity contribution in [2.45, 2.75) is 41.1 Å². The first-order valence-electron chi connectivity index (χ1n) is 7.43. The monoisotopic (exact) mass is 458 g/mol. The first-order valence-corrected chi connectivity index (χ1v) is 10.3. The summed E-state index contributed by atoms with van der Waals surface area (Å²) >= 11 is 6.50. The van der Waals surface area contributed by atoms with Gasteiger partial charge in [-0.3, -0.25) is 10.1 Å². The predicted octanol–water partition coefficient (Wildman–Crippen LogP) is 6.71. The highest BCUT2D eigenvalue weighted by Crippen LogP contribution is 2.34. The fourth-order valence-corrected chi connectivity index (χ4v) is 3.53. The second-order valence-corrected chi connectivity index (χ2v) is 8.81. The highest BCUT2D eigenvalue weighted by molar-refractivity contribution is 9.10. The Labute approximate surface area is 169 Å². The van der Waals surface area contributed by atoms with Gasteiger partial charge in [0, 0.05) is 20.8 Å². The second kappa shape index (κ2) is 10.5. The Hall–Kier alpha value is -1.58. The highest BCUT2D eigenvalue weighted by Gasteiger charge is 2.12. The lowest BCUT2D eigenvalue weighted by Gasteiger charge is -2.11. The molecule has 6 nitrogen and oxygen atoms in total. The molecule has 0 spiro atoms. The van der Waals surface area contributed by atoms with E-state index in [0.29, 0.717) is 4.47 Å². The minimum Gasteiger partial charge on any atom is -0.358 e. The van der Waals surface area contributed by atoms with Gasteiger partial charge in [0.15, 0.2) is 5.34 Å². The summed E-state index contributed by atoms with van der Waals surface area (Å²) in [5.41, 5.74) is -0.344. The summed E-state index contributed by atoms with van der Waals surface area (Å²) in [6.45, 7) is 5.28. The van der Waals surface area contributed by atoms with Crippen LogP contribution in [0.1, 0.15) is 20.8 Å². The fourth-order valence-electron chi connectivity index (χ4n) is 1.59. The molecule has 0 fully saturated rings. The van der Waals surface area contributed by atoms with Crippen molar-refractivity contribution in [3.63, 3.8) is 0 Å². The largest absolute Gasteiger partial charge is 0.358 e. The molecule has 140 valence electrons. The Morgan fingerprint density at radius 2 is 1.62 bits per heavy atom. The van der Waals surface area contributed by atoms with Crippen LogP contribution >= 0.6 is 39.5 Å². The Kier molecular flexibility index (Phi) is 9.11. The number of benzene rings is 2. The third kappa shape index (κ3) is 8.20. The zero-order chi connectivity index (χ0) is 19.7. The zero-order valence-corrected chi connectivity index (χ0v) is 18.0. The smallest absolute Gasteiger partial charge is 0.283 e. The number of thioether (sulfide) groups is 1. The third-order valence-corrected chi connectivity index (χ3v) is 5.10. The Morgan fingerprint density at radius 1 is 1.08 bits per heavy atom. The van der Waals surface area contributed by atoms with Crippen molar-refractivity contribution in [2.24, 2.45) is 5.34 Å². The van der Waals surface area contributed by atoms with Gasteiger partial charge in [-0.15, -0.1) is 16.7 Å². The quantitative estimate of drug-likeness (QED) is 0.214. The van der Waals surface area contributed by atoms with E-state index >= 15 is 0 Å². The molecule has 0 bridgehead atoms. The van der Waals surface area contributed by atoms with Gasteiger partial charge in [-0.2, -0.15) is 0 Å². The summed E-state index contributed by atoms with van der Waals surface area (Å²) in [5.74, 6) is 0. The van der Waals surface area contributed by atoms with E-state index in [4.69, 9.17) is 0 Å². The summed E-state index contributed by atoms with van der Waals surface area (Å²) < 4.78 is 0.503. The van der Waals surface area contributed by atoms with Crippen LogP contribution in [0.4, 0.5) is 5.69 Å². The average Bonchev–Trinajstić information content (AvgIpc) is 2.55. The topological polar surface area (TPSA) is 81.8 Å². The van der Waals surface area contributed by atoms with Gasteiger partial charge in [-0.25, -0.2) is 0 Å². The molecule has 0 saturated heterocycles. The summed E-state index contributed by atoms with van der Waals surface area (Å²) in [4.78, 5) is 27.3. The molecule has 26 heavy (non-hydrogen) atoms. The number of nitro groups is 1. The molecule has 0 unspecified atom stereocenters. The lowest BCUT2D eigenvalue weighted by Crippen LogP contribution is -2.14. The SMILES string of the molecule is CC(C)(C)ON=O.CSc1ccc(Sc2ccc([N+](=O)[O-])c(Br)c2)cc1. The van der Waals surface area contributed by atoms with Gasteiger partial charge in [0.05, 0.1) is 9.40 Å². The van der Waals surface area contributed by atoms with Crippen molar-refractivity contribution in [1.82, 2.24) is 0 Å². The Morgan fingerprint density at radius 3 is 2.00 bits per heavy atom. The maximum Gasteiger partial charge on any atom is 0.283 e. The molecule has 2 aromatic rings. The normalized spacial score (nSPS) is 10.5. The van der Waals surface area contributed by atoms with E-state index in [9.17, 15) is 15.0 Å². The van der Waals surface area contributed by atoms with Crippen LogP contribution in [-0.4, -0.2) is 16.8 Å². The third-order valence-electron chi connectivity index (χ3n) is 2.72. The lowest BCUT2D eigenvalue weighted by molar-refractivity contribution is -0.385. The molecule has 0 atom stereocenters. The van der Waals surface area contributed by atoms with Crippen LogP contribution in [0.25, 0.3) is 0 Å². The van der Waals surface area contributed by atoms with E-state index in [2.05, 4.69) is 38.2 Å². The van der Waals surface area contributed by atoms with Gasteiger partial charge < -0.3 is 4.84 Å². The highest BCUT2D eigenvalue weighted by atomic mass is 79.9. The minimum atomic E-state index is -0.429. The van der Waals surface area contributed by atoms with Crippen molar-refractivity contribution in [3.8, 4) is 0 Å². The van der Waals surface area contributed by atoms with Gasteiger partial charge >= 0.3 is 0 Å². The summed E-state index contributed by atoms with van der Waals surface area (Å²) in [6, 6.07) is 13.3. The zero-order valence-electron chi connectivity index (χ0n) is 14.8. The molecular weight excluding hydrogens is 440 g/mol. The van der Waals surface area contributed by atoms with E-state index < -0.39 is 10.5 Å². The number of hydrogen-bond donors (Lipinski definition) is 0. The van der Waals surface area contributed by atoms with Gasteiger partial charge in [0.1, 0.15) is 5.60 Å². The first kappa shape index (κ1) is 22.5. The Balaban J connectivity index is 0.000000412. The number of nitro benzene ring substituents is 1. The first-order chi connectivity index (χ1) is 12.2. The molecule has 2 rings (SSSR count). The number of rotatable bonds is 5. The van der Waals surface area contributed by atoms with Crippen LogP contribution in [0.5, 0.6) is 0 Å². The van der Waals surface area contributed by atoms with Crippen LogP contribution in [0.3, 0.4) is 0 Å². The summed E-state index contributed by atoms with van der Waals surface area (Å²) in [6.07, 6.45) is 2.04. The van der Waals surface area contributed by atoms with Gasteiger partial charge in [0.2, 0.25) is 0 Å². The predicted molar refractivity (Wildman–Crippen MR) is 110 cm³/mol. The summed E-state index contributed by atoms with van der Waals surface area (Å²) in [7, 11) is 0. The van der Waals surface area contributed by atoms with Gasteiger partial charge in [0.25, 0.3) is 5.69 Å². The summed E-state index contributed by atoms with van der Waals surface area (Å²) in [5, 5.41) is 13.0. The average molecular weight is 459 g/mol. The van der Waals surface area contributed by atoms with Crippen LogP contribution in [0.2, 0.25) is 0 Å². The molecule has 0 N–H and O–H groups in total. The van der Waals surface area contributed by atoms with E-state index in [-0.39, 0.29) is 5.69 Å². The number of nitrogens with zero attached hydrogens (tertiary/aromatic N) is 2. The van der Waals surface area contributed by atoms with Crippen molar-refractivity contribution in [2.75, 3.05) is 6.26 Å². The van der Waals surface area contributed by atoms with E-state index in [1.165, 1.54) is 11.0 Å². The lowest BCUT2D eigenvalue weighted by atomic mass is 10.2. The van der Waals surface area contributed by atoms with Crippen LogP contribution in [0.15, 0.2) is 67.0 Å². The molecule has 0 aromatic heterocycles. The maximum absolute atomic E-state index is 10.7. The number of hydrogen-bond acceptors (Lipinski definition) is 7. The molecule has 0 radical (unpaired) electrons. The van der Waals surface area contributed by atoms with Gasteiger partial charge in [-0.1, -0.05) is 11.8 Å². The number of halogens is 1. The van der Waals surface area contributed by atoms with Crippen molar-refractivity contribution < 1.29 is 9.76 Å². The van der Waals surface area contributed by atoms with Gasteiger partial charge in [-0.05, 0) is 79.4 Å². The molecule has 2 aromatic carbocycles. The molecule has 0 saturated carbocycles. The molecule has 0 aliphatic rings. The van der Waals surface area contributed by atoms with Crippen molar-refractivity contribution in [1.29, 1.82) is 0 Å². The molecule has 0 amide bonds. The van der Waals surface area contributed by atoms with Crippen LogP contribution in [-0.2, 0) is 4.84 Å². The van der Waals surface area contributed by atoms with Crippen LogP contribution < -0.4 is 0 Å². The van der Waals surface area contributed by atoms with Crippen molar-refractivity contribution in [3.05, 3.63) is 62.0 Å². The molecular formula is C17H19BrN2O4S2. The second-order valence-electron chi connectivity index (χ2n) is 5.93. The maximum atomic E-state index is 10.7. The fraction of sp³-hybridized carbons (Fsp3) is 0.294. The molecule has 0 aliphatic carbocycles. The van der Waals surface area contributed by atoms with E-state index in [1.54, 1.807) is 56.4 Å². The van der Waals surface area contributed by atoms with E-state index in [1.807, 2.05) is 18.4 Å².